The summed E-state index contributed by atoms with van der Waals surface area (Å²) in [5.74, 6) is -0.383. The topological polar surface area (TPSA) is 146 Å². The van der Waals surface area contributed by atoms with Crippen molar-refractivity contribution in [1.29, 1.82) is 0 Å². The largest absolute Gasteiger partial charge is 0.324 e. The zero-order valence-corrected chi connectivity index (χ0v) is 19.4. The van der Waals surface area contributed by atoms with Crippen molar-refractivity contribution < 1.29 is 18.0 Å². The molecule has 10 nitrogen and oxygen atoms in total. The van der Waals surface area contributed by atoms with Crippen molar-refractivity contribution in [3.05, 3.63) is 72.2 Å². The Morgan fingerprint density at radius 1 is 1.11 bits per heavy atom. The molecule has 0 radical (unpaired) electrons. The van der Waals surface area contributed by atoms with Gasteiger partial charge in [0.25, 0.3) is 5.91 Å². The van der Waals surface area contributed by atoms with Crippen LogP contribution in [0.25, 0.3) is 21.8 Å². The number of pyridine rings is 1. The summed E-state index contributed by atoms with van der Waals surface area (Å²) >= 11 is 0. The predicted octanol–water partition coefficient (Wildman–Crippen LogP) is 3.67. The molecule has 0 atom stereocenters. The number of carbonyl (C=O) groups is 2. The second-order valence-corrected chi connectivity index (χ2v) is 9.88. The van der Waals surface area contributed by atoms with Gasteiger partial charge in [-0.25, -0.2) is 13.4 Å². The number of anilines is 2. The lowest BCUT2D eigenvalue weighted by Gasteiger charge is -2.07. The predicted molar refractivity (Wildman–Crippen MR) is 134 cm³/mol. The zero-order valence-electron chi connectivity index (χ0n) is 18.6. The van der Waals surface area contributed by atoms with Crippen molar-refractivity contribution in [3.8, 4) is 0 Å². The maximum atomic E-state index is 12.8. The number of H-pyrrole nitrogens is 1. The maximum absolute atomic E-state index is 12.8. The smallest absolute Gasteiger partial charge is 0.276 e. The molecule has 3 heterocycles. The Morgan fingerprint density at radius 3 is 2.74 bits per heavy atom. The van der Waals surface area contributed by atoms with Crippen molar-refractivity contribution in [2.45, 2.75) is 12.8 Å². The van der Waals surface area contributed by atoms with E-state index in [0.29, 0.717) is 39.5 Å². The molecular formula is C24H20N6O4S. The van der Waals surface area contributed by atoms with Gasteiger partial charge in [0, 0.05) is 47.6 Å². The number of hydrogen-bond acceptors (Lipinski definition) is 7. The van der Waals surface area contributed by atoms with Crippen molar-refractivity contribution in [1.82, 2.24) is 15.0 Å². The number of aliphatic imine (C=N–C) groups is 1. The van der Waals surface area contributed by atoms with Crippen LogP contribution in [0.4, 0.5) is 11.6 Å². The standard InChI is InChI=1S/C24H20N6O4S/c1-35(33,34)30-17-8-7-14-11-20(26-13-15(14)10-17)23(32)29-24-27-19-6-2-5-18(22(19)28-24)21(31)12-16-4-3-9-25-16/h2-3,5-11,13,30H,4,12H2,1H3,(H2,27,28,29,32). The lowest BCUT2D eigenvalue weighted by Crippen LogP contribution is -2.14. The highest BCUT2D eigenvalue weighted by atomic mass is 32.2. The molecule has 0 saturated carbocycles. The van der Waals surface area contributed by atoms with Gasteiger partial charge in [-0.05, 0) is 35.7 Å². The second kappa shape index (κ2) is 8.76. The monoisotopic (exact) mass is 488 g/mol. The summed E-state index contributed by atoms with van der Waals surface area (Å²) in [5, 5.41) is 4.07. The Hall–Kier alpha value is -4.38. The molecule has 5 rings (SSSR count). The summed E-state index contributed by atoms with van der Waals surface area (Å²) in [4.78, 5) is 41.5. The summed E-state index contributed by atoms with van der Waals surface area (Å²) in [6.07, 6.45) is 7.03. The molecule has 4 aromatic rings. The molecule has 1 aliphatic heterocycles. The summed E-state index contributed by atoms with van der Waals surface area (Å²) in [6.45, 7) is 0. The van der Waals surface area contributed by atoms with Gasteiger partial charge >= 0.3 is 0 Å². The number of rotatable bonds is 7. The number of carbonyl (C=O) groups excluding carboxylic acids is 2. The van der Waals surface area contributed by atoms with Crippen LogP contribution >= 0.6 is 0 Å². The van der Waals surface area contributed by atoms with E-state index in [4.69, 9.17) is 0 Å². The van der Waals surface area contributed by atoms with E-state index in [1.54, 1.807) is 48.7 Å². The number of amides is 1. The van der Waals surface area contributed by atoms with Crippen LogP contribution < -0.4 is 10.0 Å². The molecule has 35 heavy (non-hydrogen) atoms. The first-order valence-corrected chi connectivity index (χ1v) is 12.6. The molecule has 0 spiro atoms. The molecule has 1 amide bonds. The molecular weight excluding hydrogens is 468 g/mol. The van der Waals surface area contributed by atoms with Crippen LogP contribution in [-0.4, -0.2) is 47.0 Å². The van der Waals surface area contributed by atoms with E-state index in [9.17, 15) is 18.0 Å². The number of nitrogens with zero attached hydrogens (tertiary/aromatic N) is 3. The number of allylic oxidation sites excluding steroid dienone is 1. The van der Waals surface area contributed by atoms with Gasteiger partial charge in [0.2, 0.25) is 16.0 Å². The van der Waals surface area contributed by atoms with Crippen LogP contribution in [0.1, 0.15) is 33.7 Å². The number of para-hydroxylation sites is 1. The number of fused-ring (bicyclic) bond motifs is 2. The fourth-order valence-electron chi connectivity index (χ4n) is 3.83. The molecule has 0 aliphatic carbocycles. The highest BCUT2D eigenvalue weighted by Gasteiger charge is 2.18. The van der Waals surface area contributed by atoms with Crippen molar-refractivity contribution in [2.24, 2.45) is 4.99 Å². The number of aromatic nitrogens is 3. The first-order valence-electron chi connectivity index (χ1n) is 10.7. The van der Waals surface area contributed by atoms with E-state index >= 15 is 0 Å². The minimum Gasteiger partial charge on any atom is -0.324 e. The number of aromatic amines is 1. The van der Waals surface area contributed by atoms with Crippen molar-refractivity contribution in [2.75, 3.05) is 16.3 Å². The van der Waals surface area contributed by atoms with Gasteiger partial charge in [0.1, 0.15) is 11.2 Å². The Labute approximate surface area is 200 Å². The van der Waals surface area contributed by atoms with Crippen LogP contribution in [0.15, 0.2) is 65.9 Å². The first kappa shape index (κ1) is 22.4. The Kier molecular flexibility index (Phi) is 5.61. The van der Waals surface area contributed by atoms with Gasteiger partial charge in [-0.15, -0.1) is 0 Å². The highest BCUT2D eigenvalue weighted by Crippen LogP contribution is 2.23. The lowest BCUT2D eigenvalue weighted by molar-refractivity contribution is 0.0998. The molecule has 3 N–H and O–H groups in total. The van der Waals surface area contributed by atoms with E-state index in [1.165, 1.54) is 6.20 Å². The summed E-state index contributed by atoms with van der Waals surface area (Å²) in [7, 11) is -3.40. The number of ketones is 1. The van der Waals surface area contributed by atoms with Gasteiger partial charge < -0.3 is 4.98 Å². The van der Waals surface area contributed by atoms with Gasteiger partial charge in [-0.2, -0.15) is 0 Å². The van der Waals surface area contributed by atoms with E-state index in [2.05, 4.69) is 30.0 Å². The number of nitrogens with one attached hydrogen (secondary N) is 3. The van der Waals surface area contributed by atoms with E-state index in [0.717, 1.165) is 12.0 Å². The lowest BCUT2D eigenvalue weighted by atomic mass is 10.0. The van der Waals surface area contributed by atoms with Crippen LogP contribution in [0.3, 0.4) is 0 Å². The van der Waals surface area contributed by atoms with Gasteiger partial charge in [-0.3, -0.25) is 29.6 Å². The fourth-order valence-corrected chi connectivity index (χ4v) is 4.38. The highest BCUT2D eigenvalue weighted by molar-refractivity contribution is 7.92. The Bertz CT molecular complexity index is 1670. The number of Topliss-reactive ketones (excluding diaryl/α,β-unsaturated/α-hetero) is 1. The molecule has 0 bridgehead atoms. The molecule has 2 aromatic heterocycles. The van der Waals surface area contributed by atoms with Gasteiger partial charge in [0.15, 0.2) is 5.78 Å². The average molecular weight is 489 g/mol. The van der Waals surface area contributed by atoms with Crippen LogP contribution in [0, 0.1) is 0 Å². The first-order chi connectivity index (χ1) is 16.7. The third-order valence-corrected chi connectivity index (χ3v) is 5.99. The number of imidazole rings is 1. The molecule has 2 aromatic carbocycles. The SMILES string of the molecule is CS(=O)(=O)Nc1ccc2cc(C(=O)Nc3nc4c(C(=O)CC5=NC=CC5)cccc4[nH]3)ncc2c1. The average Bonchev–Trinajstić information content (AvgIpc) is 3.46. The minimum absolute atomic E-state index is 0.0941. The zero-order chi connectivity index (χ0) is 24.6. The van der Waals surface area contributed by atoms with E-state index < -0.39 is 15.9 Å². The van der Waals surface area contributed by atoms with Crippen molar-refractivity contribution in [3.63, 3.8) is 0 Å². The third-order valence-electron chi connectivity index (χ3n) is 5.38. The van der Waals surface area contributed by atoms with E-state index in [-0.39, 0.29) is 23.8 Å². The molecule has 0 unspecified atom stereocenters. The number of benzene rings is 2. The molecule has 0 fully saturated rings. The Morgan fingerprint density at radius 2 is 1.97 bits per heavy atom. The minimum atomic E-state index is -3.40. The molecule has 0 saturated heterocycles. The molecule has 11 heteroatoms. The number of sulfonamides is 1. The quantitative estimate of drug-likeness (QED) is 0.338. The summed E-state index contributed by atoms with van der Waals surface area (Å²) in [6, 6.07) is 11.8. The normalized spacial score (nSPS) is 13.2. The molecule has 1 aliphatic rings. The van der Waals surface area contributed by atoms with Crippen LogP contribution in [-0.2, 0) is 10.0 Å². The molecule has 176 valence electrons. The summed E-state index contributed by atoms with van der Waals surface area (Å²) in [5.41, 5.74) is 2.91. The van der Waals surface area contributed by atoms with Crippen LogP contribution in [0.5, 0.6) is 0 Å². The second-order valence-electron chi connectivity index (χ2n) is 8.13. The maximum Gasteiger partial charge on any atom is 0.276 e. The van der Waals surface area contributed by atoms with Crippen molar-refractivity contribution >= 4 is 60.9 Å². The van der Waals surface area contributed by atoms with Gasteiger partial charge in [-0.1, -0.05) is 18.2 Å². The number of hydrogen-bond donors (Lipinski definition) is 3. The van der Waals surface area contributed by atoms with Crippen LogP contribution in [0.2, 0.25) is 0 Å². The van der Waals surface area contributed by atoms with E-state index in [1.807, 2.05) is 6.08 Å². The summed E-state index contributed by atoms with van der Waals surface area (Å²) < 4.78 is 25.3. The third kappa shape index (κ3) is 4.94. The fraction of sp³-hybridized carbons (Fsp3) is 0.125. The Balaban J connectivity index is 1.36. The van der Waals surface area contributed by atoms with Gasteiger partial charge in [0.05, 0.1) is 11.8 Å².